The molecule has 6 aromatic rings. The van der Waals surface area contributed by atoms with E-state index >= 15 is 0 Å². The van der Waals surface area contributed by atoms with Crippen molar-refractivity contribution in [3.05, 3.63) is 82.7 Å². The van der Waals surface area contributed by atoms with Crippen molar-refractivity contribution in [3.8, 4) is 33.6 Å². The van der Waals surface area contributed by atoms with Crippen molar-refractivity contribution < 1.29 is 0 Å². The van der Waals surface area contributed by atoms with Crippen molar-refractivity contribution in [2.75, 3.05) is 0 Å². The Bertz CT molecular complexity index is 1720. The summed E-state index contributed by atoms with van der Waals surface area (Å²) in [6, 6.07) is 17.3. The third-order valence-corrected chi connectivity index (χ3v) is 6.56. The zero-order chi connectivity index (χ0) is 24.1. The number of fused-ring (bicyclic) bond motifs is 3. The van der Waals surface area contributed by atoms with Gasteiger partial charge in [0.2, 0.25) is 0 Å². The maximum Gasteiger partial charge on any atom is 0.274 e. The molecule has 3 aromatic heterocycles. The fraction of sp³-hybridized carbons (Fsp3) is 0.0800. The molecular weight excluding hydrogens is 483 g/mol. The molecule has 0 amide bonds. The molecule has 0 atom stereocenters. The van der Waals surface area contributed by atoms with E-state index in [9.17, 15) is 0 Å². The molecule has 2 N–H and O–H groups in total. The van der Waals surface area contributed by atoms with E-state index in [0.29, 0.717) is 21.5 Å². The lowest BCUT2D eigenvalue weighted by Gasteiger charge is -2.20. The third-order valence-electron chi connectivity index (χ3n) is 6.07. The average Bonchev–Trinajstić information content (AvgIpc) is 3.51. The molecule has 0 aliphatic carbocycles. The predicted octanol–water partition coefficient (Wildman–Crippen LogP) is 5.17. The van der Waals surface area contributed by atoms with Crippen molar-refractivity contribution in [3.63, 3.8) is 0 Å². The number of hydrogen-bond donors (Lipinski definition) is 1. The van der Waals surface area contributed by atoms with E-state index in [1.54, 1.807) is 10.8 Å². The molecule has 3 aromatic carbocycles. The Morgan fingerprint density at radius 1 is 0.971 bits per heavy atom. The molecule has 0 fully saturated rings. The first-order valence-electron chi connectivity index (χ1n) is 10.8. The minimum atomic E-state index is 0.289. The molecule has 3 heterocycles. The molecule has 0 saturated heterocycles. The predicted molar refractivity (Wildman–Crippen MR) is 137 cm³/mol. The number of hydrogen-bond acceptors (Lipinski definition) is 6. The van der Waals surface area contributed by atoms with Gasteiger partial charge in [-0.3, -0.25) is 0 Å². The van der Waals surface area contributed by atoms with E-state index in [0.717, 1.165) is 44.4 Å². The van der Waals surface area contributed by atoms with Gasteiger partial charge in [0.1, 0.15) is 0 Å². The molecule has 0 saturated carbocycles. The highest BCUT2D eigenvalue weighted by atomic mass is 35.5. The van der Waals surface area contributed by atoms with E-state index < -0.39 is 0 Å². The summed E-state index contributed by atoms with van der Waals surface area (Å²) in [6.07, 6.45) is 3.59. The highest BCUT2D eigenvalue weighted by Crippen LogP contribution is 2.42. The van der Waals surface area contributed by atoms with Crippen molar-refractivity contribution >= 4 is 39.9 Å². The van der Waals surface area contributed by atoms with Crippen molar-refractivity contribution in [1.82, 2.24) is 34.6 Å². The topological polar surface area (TPSA) is 99.8 Å². The second kappa shape index (κ2) is 8.42. The number of aryl methyl sites for hydroxylation is 1. The summed E-state index contributed by atoms with van der Waals surface area (Å²) in [4.78, 5) is 9.22. The molecule has 0 unspecified atom stereocenters. The highest BCUT2D eigenvalue weighted by molar-refractivity contribution is 6.31. The molecule has 35 heavy (non-hydrogen) atoms. The summed E-state index contributed by atoms with van der Waals surface area (Å²) in [5, 5.41) is 14.4. The number of nitrogens with zero attached hydrogens (tertiary/aromatic N) is 7. The number of halogens is 2. The van der Waals surface area contributed by atoms with Gasteiger partial charge < -0.3 is 10.3 Å². The second-order valence-corrected chi connectivity index (χ2v) is 9.01. The molecule has 0 spiro atoms. The molecule has 0 radical (unpaired) electrons. The van der Waals surface area contributed by atoms with Gasteiger partial charge in [0.25, 0.3) is 5.78 Å². The Morgan fingerprint density at radius 3 is 2.51 bits per heavy atom. The van der Waals surface area contributed by atoms with Crippen LogP contribution in [-0.2, 0) is 13.6 Å². The van der Waals surface area contributed by atoms with Crippen molar-refractivity contribution in [2.24, 2.45) is 12.8 Å². The highest BCUT2D eigenvalue weighted by Gasteiger charge is 2.24. The molecule has 172 valence electrons. The van der Waals surface area contributed by atoms with Crippen LogP contribution in [-0.4, -0.2) is 34.6 Å². The van der Waals surface area contributed by atoms with Crippen LogP contribution in [0, 0.1) is 0 Å². The van der Waals surface area contributed by atoms with Crippen LogP contribution in [0.3, 0.4) is 0 Å². The van der Waals surface area contributed by atoms with Gasteiger partial charge in [-0.25, -0.2) is 9.97 Å². The van der Waals surface area contributed by atoms with Gasteiger partial charge in [-0.15, -0.1) is 0 Å². The molecule has 8 nitrogen and oxygen atoms in total. The molecule has 6 rings (SSSR count). The van der Waals surface area contributed by atoms with Crippen LogP contribution in [0.15, 0.2) is 67.1 Å². The number of aromatic nitrogens is 7. The van der Waals surface area contributed by atoms with Crippen molar-refractivity contribution in [1.29, 1.82) is 0 Å². The van der Waals surface area contributed by atoms with Crippen molar-refractivity contribution in [2.45, 2.75) is 6.54 Å². The zero-order valence-corrected chi connectivity index (χ0v) is 20.0. The fourth-order valence-electron chi connectivity index (χ4n) is 4.50. The monoisotopic (exact) mass is 500 g/mol. The quantitative estimate of drug-likeness (QED) is 0.358. The van der Waals surface area contributed by atoms with Crippen LogP contribution in [0.4, 0.5) is 0 Å². The summed E-state index contributed by atoms with van der Waals surface area (Å²) in [5.41, 5.74) is 13.4. The Balaban J connectivity index is 1.85. The number of rotatable bonds is 4. The number of tetrazole rings is 1. The van der Waals surface area contributed by atoms with Crippen LogP contribution >= 0.6 is 23.2 Å². The first-order valence-corrected chi connectivity index (χ1v) is 11.6. The van der Waals surface area contributed by atoms with Crippen LogP contribution < -0.4 is 5.73 Å². The standard InChI is InChI=1S/C25H18Cl2N8/c1-34-13-29-12-21(34)22-19(11-28)18(14-5-7-16(26)8-6-14)10-20-23(22)24(15-3-2-4-17(27)9-15)30-25-31-32-33-35(20)25/h2-10,12-13H,11,28H2,1H3. The van der Waals surface area contributed by atoms with Gasteiger partial charge >= 0.3 is 0 Å². The van der Waals surface area contributed by atoms with E-state index in [-0.39, 0.29) is 6.54 Å². The number of nitrogens with two attached hydrogens (primary N) is 1. The second-order valence-electron chi connectivity index (χ2n) is 8.13. The summed E-state index contributed by atoms with van der Waals surface area (Å²) >= 11 is 12.5. The summed E-state index contributed by atoms with van der Waals surface area (Å²) < 4.78 is 3.61. The van der Waals surface area contributed by atoms with Crippen LogP contribution in [0.5, 0.6) is 0 Å². The number of benzene rings is 3. The van der Waals surface area contributed by atoms with E-state index in [2.05, 4.69) is 26.6 Å². The average molecular weight is 501 g/mol. The van der Waals surface area contributed by atoms with Gasteiger partial charge in [-0.05, 0) is 57.4 Å². The maximum absolute atomic E-state index is 6.43. The lowest BCUT2D eigenvalue weighted by molar-refractivity contribution is 0.840. The third kappa shape index (κ3) is 3.54. The summed E-state index contributed by atoms with van der Waals surface area (Å²) in [7, 11) is 1.95. The lowest BCUT2D eigenvalue weighted by Crippen LogP contribution is -2.08. The minimum Gasteiger partial charge on any atom is -0.334 e. The van der Waals surface area contributed by atoms with E-state index in [1.165, 1.54) is 0 Å². The first kappa shape index (κ1) is 21.7. The largest absolute Gasteiger partial charge is 0.334 e. The fourth-order valence-corrected chi connectivity index (χ4v) is 4.82. The smallest absolute Gasteiger partial charge is 0.274 e. The molecule has 0 aliphatic rings. The van der Waals surface area contributed by atoms with Crippen LogP contribution in [0.25, 0.3) is 50.3 Å². The Hall–Kier alpha value is -3.85. The molecule has 0 bridgehead atoms. The molecule has 0 aliphatic heterocycles. The van der Waals surface area contributed by atoms with Gasteiger partial charge in [0.15, 0.2) is 0 Å². The molecular formula is C25H18Cl2N8. The lowest BCUT2D eigenvalue weighted by atomic mass is 9.89. The Kier molecular flexibility index (Phi) is 5.21. The van der Waals surface area contributed by atoms with Crippen LogP contribution in [0.1, 0.15) is 5.56 Å². The number of imidazole rings is 1. The summed E-state index contributed by atoms with van der Waals surface area (Å²) in [6.45, 7) is 0.289. The Morgan fingerprint density at radius 2 is 1.80 bits per heavy atom. The van der Waals surface area contributed by atoms with E-state index in [4.69, 9.17) is 33.9 Å². The first-order chi connectivity index (χ1) is 17.0. The SMILES string of the molecule is Cn1cncc1-c1c(CN)c(-c2ccc(Cl)cc2)cc2c1c(-c1cccc(Cl)c1)nc1nnnn12. The van der Waals surface area contributed by atoms with E-state index in [1.807, 2.05) is 66.3 Å². The van der Waals surface area contributed by atoms with Crippen LogP contribution in [0.2, 0.25) is 10.0 Å². The molecule has 10 heteroatoms. The van der Waals surface area contributed by atoms with Gasteiger partial charge in [0, 0.05) is 40.2 Å². The summed E-state index contributed by atoms with van der Waals surface area (Å²) in [5.74, 6) is 0.381. The zero-order valence-electron chi connectivity index (χ0n) is 18.5. The van der Waals surface area contributed by atoms with Gasteiger partial charge in [-0.2, -0.15) is 4.52 Å². The Labute approximate surface area is 210 Å². The van der Waals surface area contributed by atoms with Gasteiger partial charge in [0.05, 0.1) is 29.4 Å². The van der Waals surface area contributed by atoms with Gasteiger partial charge in [-0.1, -0.05) is 52.6 Å². The maximum atomic E-state index is 6.43. The normalized spacial score (nSPS) is 11.5. The minimum absolute atomic E-state index is 0.289.